The van der Waals surface area contributed by atoms with Gasteiger partial charge < -0.3 is 18.9 Å². The van der Waals surface area contributed by atoms with Crippen molar-refractivity contribution in [3.05, 3.63) is 89.0 Å². The van der Waals surface area contributed by atoms with Gasteiger partial charge in [-0.1, -0.05) is 85.0 Å². The van der Waals surface area contributed by atoms with Crippen molar-refractivity contribution in [1.82, 2.24) is 0 Å². The second-order valence-corrected chi connectivity index (χ2v) is 11.7. The Morgan fingerprint density at radius 2 is 1.11 bits per heavy atom. The zero-order valence-electron chi connectivity index (χ0n) is 27.7. The van der Waals surface area contributed by atoms with Gasteiger partial charge in [0, 0.05) is 12.1 Å². The molecular weight excluding hydrogens is 606 g/mol. The highest BCUT2D eigenvalue weighted by Gasteiger charge is 2.20. The van der Waals surface area contributed by atoms with Crippen molar-refractivity contribution in [3.63, 3.8) is 0 Å². The molecule has 3 aromatic carbocycles. The molecule has 7 nitrogen and oxygen atoms in total. The lowest BCUT2D eigenvalue weighted by Crippen LogP contribution is -2.14. The van der Waals surface area contributed by atoms with Crippen LogP contribution in [-0.2, 0) is 4.74 Å². The molecule has 0 heterocycles. The lowest BCUT2D eigenvalue weighted by molar-refractivity contribution is 0.0441. The number of esters is 3. The Bertz CT molecular complexity index is 1440. The van der Waals surface area contributed by atoms with Gasteiger partial charge in [0.15, 0.2) is 0 Å². The Kier molecular flexibility index (Phi) is 15.9. The van der Waals surface area contributed by atoms with Gasteiger partial charge in [0.25, 0.3) is 0 Å². The molecule has 254 valence electrons. The van der Waals surface area contributed by atoms with Crippen molar-refractivity contribution in [3.8, 4) is 17.2 Å². The molecule has 3 rings (SSSR count). The minimum Gasteiger partial charge on any atom is -0.494 e. The van der Waals surface area contributed by atoms with E-state index < -0.39 is 35.1 Å². The minimum absolute atomic E-state index is 0.114. The van der Waals surface area contributed by atoms with Gasteiger partial charge in [-0.3, -0.25) is 0 Å². The minimum atomic E-state index is -1.10. The van der Waals surface area contributed by atoms with E-state index in [4.69, 9.17) is 18.9 Å². The van der Waals surface area contributed by atoms with E-state index in [-0.39, 0.29) is 35.2 Å². The number of hydrogen-bond donors (Lipinski definition) is 0. The Morgan fingerprint density at radius 3 is 1.64 bits per heavy atom. The van der Waals surface area contributed by atoms with Gasteiger partial charge in [-0.05, 0) is 60.9 Å². The molecule has 1 atom stereocenters. The van der Waals surface area contributed by atoms with Crippen molar-refractivity contribution < 1.29 is 42.1 Å². The summed E-state index contributed by atoms with van der Waals surface area (Å²) in [6, 6.07) is 12.9. The van der Waals surface area contributed by atoms with Gasteiger partial charge in [0.05, 0.1) is 29.9 Å². The first-order valence-electron chi connectivity index (χ1n) is 16.6. The lowest BCUT2D eigenvalue weighted by Gasteiger charge is -2.11. The average Bonchev–Trinajstić information content (AvgIpc) is 3.06. The average molecular weight is 653 g/mol. The largest absolute Gasteiger partial charge is 0.494 e. The smallest absolute Gasteiger partial charge is 0.346 e. The van der Waals surface area contributed by atoms with Crippen molar-refractivity contribution >= 4 is 17.9 Å². The number of hydrogen-bond acceptors (Lipinski definition) is 7. The maximum absolute atomic E-state index is 14.8. The molecule has 0 aliphatic carbocycles. The Hall–Kier alpha value is -4.27. The maximum Gasteiger partial charge on any atom is 0.346 e. The zero-order chi connectivity index (χ0) is 34.0. The summed E-state index contributed by atoms with van der Waals surface area (Å²) in [5, 5.41) is 0. The van der Waals surface area contributed by atoms with Gasteiger partial charge in [-0.25, -0.2) is 23.2 Å². The molecule has 0 saturated carbocycles. The van der Waals surface area contributed by atoms with E-state index in [0.717, 1.165) is 43.5 Å². The lowest BCUT2D eigenvalue weighted by atomic mass is 10.1. The maximum atomic E-state index is 14.8. The molecule has 0 fully saturated rings. The molecule has 1 unspecified atom stereocenters. The van der Waals surface area contributed by atoms with Crippen LogP contribution < -0.4 is 14.2 Å². The quantitative estimate of drug-likeness (QED) is 0.0682. The van der Waals surface area contributed by atoms with Crippen LogP contribution in [0.2, 0.25) is 0 Å². The van der Waals surface area contributed by atoms with Crippen molar-refractivity contribution in [1.29, 1.82) is 0 Å². The van der Waals surface area contributed by atoms with Crippen LogP contribution in [0.25, 0.3) is 0 Å². The number of rotatable bonds is 20. The van der Waals surface area contributed by atoms with Crippen molar-refractivity contribution in [2.24, 2.45) is 5.92 Å². The molecule has 0 aliphatic rings. The standard InChI is InChI=1S/C38H46F2O7/c1-4-6-7-8-9-10-11-12-13-14-23-44-29-17-15-28(16-18-29)36(41)46-30-20-22-33(35(40)24-30)38(43)47-31-19-21-32(34(39)25-31)37(42)45-26-27(3)5-2/h15-22,24-25,27H,4-14,23,26H2,1-3H3. The van der Waals surface area contributed by atoms with Gasteiger partial charge in [-0.15, -0.1) is 0 Å². The van der Waals surface area contributed by atoms with E-state index in [1.54, 1.807) is 24.3 Å². The fraction of sp³-hybridized carbons (Fsp3) is 0.447. The normalized spacial score (nSPS) is 11.5. The third-order valence-electron chi connectivity index (χ3n) is 7.79. The summed E-state index contributed by atoms with van der Waals surface area (Å²) in [5.74, 6) is -4.15. The van der Waals surface area contributed by atoms with E-state index in [2.05, 4.69) is 6.92 Å². The highest BCUT2D eigenvalue weighted by molar-refractivity contribution is 5.93. The Morgan fingerprint density at radius 1 is 0.617 bits per heavy atom. The predicted octanol–water partition coefficient (Wildman–Crippen LogP) is 9.91. The molecule has 0 aliphatic heterocycles. The molecule has 0 bridgehead atoms. The van der Waals surface area contributed by atoms with Crippen LogP contribution in [0.4, 0.5) is 8.78 Å². The number of carbonyl (C=O) groups is 3. The highest BCUT2D eigenvalue weighted by atomic mass is 19.1. The number of halogens is 2. The van der Waals surface area contributed by atoms with Crippen LogP contribution in [0, 0.1) is 17.6 Å². The van der Waals surface area contributed by atoms with Crippen LogP contribution in [-0.4, -0.2) is 31.1 Å². The summed E-state index contributed by atoms with van der Waals surface area (Å²) in [6.07, 6.45) is 13.2. The molecule has 0 saturated heterocycles. The first kappa shape index (κ1) is 37.2. The summed E-state index contributed by atoms with van der Waals surface area (Å²) >= 11 is 0. The summed E-state index contributed by atoms with van der Waals surface area (Å²) in [7, 11) is 0. The molecule has 0 radical (unpaired) electrons. The Balaban J connectivity index is 1.43. The Labute approximate surface area is 276 Å². The van der Waals surface area contributed by atoms with Crippen LogP contribution in [0.1, 0.15) is 122 Å². The van der Waals surface area contributed by atoms with Crippen LogP contribution in [0.15, 0.2) is 60.7 Å². The van der Waals surface area contributed by atoms with E-state index in [1.165, 1.54) is 63.5 Å². The predicted molar refractivity (Wildman–Crippen MR) is 176 cm³/mol. The summed E-state index contributed by atoms with van der Waals surface area (Å²) < 4.78 is 50.5. The van der Waals surface area contributed by atoms with Crippen molar-refractivity contribution in [2.75, 3.05) is 13.2 Å². The number of carbonyl (C=O) groups excluding carboxylic acids is 3. The van der Waals surface area contributed by atoms with E-state index in [1.807, 2.05) is 13.8 Å². The SMILES string of the molecule is CCCCCCCCCCCCOc1ccc(C(=O)Oc2ccc(C(=O)Oc3ccc(C(=O)OCC(C)CC)c(F)c3)c(F)c2)cc1. The summed E-state index contributed by atoms with van der Waals surface area (Å²) in [4.78, 5) is 37.3. The zero-order valence-corrected chi connectivity index (χ0v) is 27.7. The number of ether oxygens (including phenoxy) is 4. The van der Waals surface area contributed by atoms with E-state index in [0.29, 0.717) is 12.4 Å². The summed E-state index contributed by atoms with van der Waals surface area (Å²) in [6.45, 7) is 6.82. The fourth-order valence-electron chi connectivity index (χ4n) is 4.66. The second-order valence-electron chi connectivity index (χ2n) is 11.7. The molecule has 0 N–H and O–H groups in total. The van der Waals surface area contributed by atoms with Gasteiger partial charge >= 0.3 is 17.9 Å². The van der Waals surface area contributed by atoms with E-state index >= 15 is 0 Å². The first-order chi connectivity index (χ1) is 22.7. The van der Waals surface area contributed by atoms with E-state index in [9.17, 15) is 23.2 Å². The summed E-state index contributed by atoms with van der Waals surface area (Å²) in [5.41, 5.74) is -0.516. The molecule has 0 aromatic heterocycles. The first-order valence-corrected chi connectivity index (χ1v) is 16.6. The van der Waals surface area contributed by atoms with Gasteiger partial charge in [0.2, 0.25) is 0 Å². The van der Waals surface area contributed by atoms with Crippen LogP contribution in [0.5, 0.6) is 17.2 Å². The number of benzene rings is 3. The fourth-order valence-corrected chi connectivity index (χ4v) is 4.66. The molecule has 0 spiro atoms. The molecule has 3 aromatic rings. The molecular formula is C38H46F2O7. The second kappa shape index (κ2) is 20.1. The van der Waals surface area contributed by atoms with Gasteiger partial charge in [-0.2, -0.15) is 0 Å². The van der Waals surface area contributed by atoms with Crippen molar-refractivity contribution in [2.45, 2.75) is 91.4 Å². The van der Waals surface area contributed by atoms with Gasteiger partial charge in [0.1, 0.15) is 28.9 Å². The third-order valence-corrected chi connectivity index (χ3v) is 7.79. The third kappa shape index (κ3) is 12.8. The number of unbranched alkanes of at least 4 members (excludes halogenated alkanes) is 9. The highest BCUT2D eigenvalue weighted by Crippen LogP contribution is 2.23. The topological polar surface area (TPSA) is 88.1 Å². The monoisotopic (exact) mass is 652 g/mol. The molecule has 47 heavy (non-hydrogen) atoms. The van der Waals surface area contributed by atoms with Crippen LogP contribution >= 0.6 is 0 Å². The molecule has 9 heteroatoms. The van der Waals surface area contributed by atoms with Crippen LogP contribution in [0.3, 0.4) is 0 Å². The molecule has 0 amide bonds.